The Balaban J connectivity index is 2.18. The van der Waals surface area contributed by atoms with E-state index in [1.807, 2.05) is 24.3 Å². The van der Waals surface area contributed by atoms with Crippen LogP contribution in [0.1, 0.15) is 22.8 Å². The molecule has 0 aliphatic rings. The van der Waals surface area contributed by atoms with Gasteiger partial charge in [0.15, 0.2) is 0 Å². The van der Waals surface area contributed by atoms with Crippen molar-refractivity contribution in [2.45, 2.75) is 19.4 Å². The molecule has 0 aliphatic carbocycles. The van der Waals surface area contributed by atoms with Gasteiger partial charge in [0.1, 0.15) is 6.04 Å². The number of halogens is 1. The Hall–Kier alpha value is -2.42. The number of nitrogens with two attached hydrogens (primary N) is 1. The van der Waals surface area contributed by atoms with Crippen molar-refractivity contribution in [2.75, 3.05) is 5.32 Å². The number of primary amides is 1. The van der Waals surface area contributed by atoms with Crippen LogP contribution in [0.2, 0.25) is 0 Å². The first kappa shape index (κ1) is 18.9. The highest BCUT2D eigenvalue weighted by Crippen LogP contribution is 2.16. The smallest absolute Gasteiger partial charge is 0.254 e. The maximum absolute atomic E-state index is 12.5. The van der Waals surface area contributed by atoms with E-state index in [4.69, 9.17) is 5.73 Å². The van der Waals surface area contributed by atoms with Crippen molar-refractivity contribution in [1.29, 1.82) is 0 Å². The Bertz CT molecular complexity index is 808. The van der Waals surface area contributed by atoms with Gasteiger partial charge in [-0.05, 0) is 52.4 Å². The molecule has 0 radical (unpaired) electrons. The van der Waals surface area contributed by atoms with Crippen LogP contribution in [-0.4, -0.2) is 23.8 Å². The topological polar surface area (TPSA) is 101 Å². The van der Waals surface area contributed by atoms with Crippen molar-refractivity contribution in [3.05, 3.63) is 63.2 Å². The number of amides is 3. The molecule has 0 unspecified atom stereocenters. The Morgan fingerprint density at radius 2 is 1.84 bits per heavy atom. The van der Waals surface area contributed by atoms with E-state index in [1.54, 1.807) is 24.3 Å². The lowest BCUT2D eigenvalue weighted by Gasteiger charge is -2.17. The van der Waals surface area contributed by atoms with Crippen LogP contribution in [0.4, 0.5) is 5.69 Å². The summed E-state index contributed by atoms with van der Waals surface area (Å²) in [6.45, 7) is 1.36. The highest BCUT2D eigenvalue weighted by Gasteiger charge is 2.21. The summed E-state index contributed by atoms with van der Waals surface area (Å²) < 4.78 is 1.03. The van der Waals surface area contributed by atoms with E-state index in [0.29, 0.717) is 12.1 Å². The molecular weight excluding hydrogens is 433 g/mol. The van der Waals surface area contributed by atoms with Gasteiger partial charge in [-0.2, -0.15) is 0 Å². The molecule has 0 fully saturated rings. The van der Waals surface area contributed by atoms with E-state index < -0.39 is 17.9 Å². The van der Waals surface area contributed by atoms with Crippen molar-refractivity contribution >= 4 is 46.0 Å². The van der Waals surface area contributed by atoms with Crippen LogP contribution in [0.25, 0.3) is 0 Å². The van der Waals surface area contributed by atoms with E-state index in [1.165, 1.54) is 6.92 Å². The lowest BCUT2D eigenvalue weighted by molar-refractivity contribution is -0.119. The predicted octanol–water partition coefficient (Wildman–Crippen LogP) is 2.08. The van der Waals surface area contributed by atoms with Crippen LogP contribution in [-0.2, 0) is 16.0 Å². The third-order valence-corrected chi connectivity index (χ3v) is 4.13. The summed E-state index contributed by atoms with van der Waals surface area (Å²) in [5.74, 6) is -1.38. The number of rotatable bonds is 6. The third kappa shape index (κ3) is 5.56. The lowest BCUT2D eigenvalue weighted by atomic mass is 10.0. The van der Waals surface area contributed by atoms with Crippen molar-refractivity contribution in [3.63, 3.8) is 0 Å². The molecule has 0 heterocycles. The normalized spacial score (nSPS) is 11.4. The molecule has 4 N–H and O–H groups in total. The zero-order valence-electron chi connectivity index (χ0n) is 13.6. The Morgan fingerprint density at radius 3 is 2.48 bits per heavy atom. The van der Waals surface area contributed by atoms with Crippen molar-refractivity contribution in [2.24, 2.45) is 5.73 Å². The van der Waals surface area contributed by atoms with Crippen LogP contribution in [0.15, 0.2) is 48.5 Å². The average molecular weight is 451 g/mol. The highest BCUT2D eigenvalue weighted by molar-refractivity contribution is 14.1. The van der Waals surface area contributed by atoms with Gasteiger partial charge in [-0.1, -0.05) is 24.3 Å². The van der Waals surface area contributed by atoms with Gasteiger partial charge in [-0.25, -0.2) is 0 Å². The van der Waals surface area contributed by atoms with Crippen LogP contribution >= 0.6 is 22.6 Å². The summed E-state index contributed by atoms with van der Waals surface area (Å²) in [6, 6.07) is 13.3. The molecule has 2 aromatic carbocycles. The maximum atomic E-state index is 12.5. The van der Waals surface area contributed by atoms with Gasteiger partial charge in [0, 0.05) is 16.9 Å². The molecule has 7 heteroatoms. The second-order valence-corrected chi connectivity index (χ2v) is 6.73. The minimum absolute atomic E-state index is 0.270. The van der Waals surface area contributed by atoms with Gasteiger partial charge in [0.05, 0.1) is 11.3 Å². The van der Waals surface area contributed by atoms with E-state index in [2.05, 4.69) is 33.2 Å². The van der Waals surface area contributed by atoms with E-state index >= 15 is 0 Å². The van der Waals surface area contributed by atoms with Crippen LogP contribution < -0.4 is 16.4 Å². The number of carbonyl (C=O) groups is 3. The summed E-state index contributed by atoms with van der Waals surface area (Å²) in [5.41, 5.74) is 6.99. The molecule has 0 spiro atoms. The fraction of sp³-hybridized carbons (Fsp3) is 0.167. The van der Waals surface area contributed by atoms with Crippen LogP contribution in [0.3, 0.4) is 0 Å². The van der Waals surface area contributed by atoms with E-state index in [0.717, 1.165) is 9.13 Å². The van der Waals surface area contributed by atoms with E-state index in [9.17, 15) is 14.4 Å². The number of hydrogen-bond acceptors (Lipinski definition) is 3. The van der Waals surface area contributed by atoms with Gasteiger partial charge >= 0.3 is 0 Å². The highest BCUT2D eigenvalue weighted by atomic mass is 127. The number of hydrogen-bond donors (Lipinski definition) is 3. The van der Waals surface area contributed by atoms with Gasteiger partial charge in [0.2, 0.25) is 11.8 Å². The summed E-state index contributed by atoms with van der Waals surface area (Å²) >= 11 is 2.18. The number of carbonyl (C=O) groups excluding carboxylic acids is 3. The SMILES string of the molecule is CC(=O)Nc1ccccc1C(=O)N[C@@H](Cc1cccc(I)c1)C(N)=O. The monoisotopic (exact) mass is 451 g/mol. The molecule has 1 atom stereocenters. The molecule has 0 aliphatic heterocycles. The van der Waals surface area contributed by atoms with E-state index in [-0.39, 0.29) is 11.5 Å². The first-order valence-electron chi connectivity index (χ1n) is 7.58. The van der Waals surface area contributed by atoms with Crippen molar-refractivity contribution in [1.82, 2.24) is 5.32 Å². The molecule has 3 amide bonds. The number of nitrogens with one attached hydrogen (secondary N) is 2. The summed E-state index contributed by atoms with van der Waals surface area (Å²) in [5, 5.41) is 5.24. The van der Waals surface area contributed by atoms with Gasteiger partial charge in [-0.15, -0.1) is 0 Å². The Labute approximate surface area is 159 Å². The van der Waals surface area contributed by atoms with Crippen LogP contribution in [0, 0.1) is 3.57 Å². The van der Waals surface area contributed by atoms with Gasteiger partial charge in [0.25, 0.3) is 5.91 Å². The second-order valence-electron chi connectivity index (χ2n) is 5.49. The van der Waals surface area contributed by atoms with Gasteiger partial charge in [-0.3, -0.25) is 14.4 Å². The summed E-state index contributed by atoms with van der Waals surface area (Å²) in [6.07, 6.45) is 0.292. The minimum atomic E-state index is -0.851. The minimum Gasteiger partial charge on any atom is -0.368 e. The number of para-hydroxylation sites is 1. The zero-order chi connectivity index (χ0) is 18.4. The zero-order valence-corrected chi connectivity index (χ0v) is 15.7. The fourth-order valence-electron chi connectivity index (χ4n) is 2.34. The number of anilines is 1. The van der Waals surface area contributed by atoms with Crippen molar-refractivity contribution < 1.29 is 14.4 Å². The predicted molar refractivity (Wildman–Crippen MR) is 104 cm³/mol. The van der Waals surface area contributed by atoms with Gasteiger partial charge < -0.3 is 16.4 Å². The molecule has 0 aromatic heterocycles. The Kier molecular flexibility index (Phi) is 6.51. The average Bonchev–Trinajstić information content (AvgIpc) is 2.54. The molecule has 0 saturated heterocycles. The Morgan fingerprint density at radius 1 is 1.12 bits per heavy atom. The lowest BCUT2D eigenvalue weighted by Crippen LogP contribution is -2.46. The standard InChI is InChI=1S/C18H18IN3O3/c1-11(23)21-15-8-3-2-7-14(15)18(25)22-16(17(20)24)10-12-5-4-6-13(19)9-12/h2-9,16H,10H2,1H3,(H2,20,24)(H,21,23)(H,22,25)/t16-/m0/s1. The molecule has 130 valence electrons. The maximum Gasteiger partial charge on any atom is 0.254 e. The van der Waals surface area contributed by atoms with Crippen LogP contribution in [0.5, 0.6) is 0 Å². The largest absolute Gasteiger partial charge is 0.368 e. The fourth-order valence-corrected chi connectivity index (χ4v) is 2.95. The van der Waals surface area contributed by atoms with Crippen molar-refractivity contribution in [3.8, 4) is 0 Å². The molecule has 6 nitrogen and oxygen atoms in total. The molecular formula is C18H18IN3O3. The molecule has 2 rings (SSSR count). The summed E-state index contributed by atoms with van der Waals surface area (Å²) in [7, 11) is 0. The third-order valence-electron chi connectivity index (χ3n) is 3.46. The number of benzene rings is 2. The second kappa shape index (κ2) is 8.61. The first-order valence-corrected chi connectivity index (χ1v) is 8.66. The molecule has 0 saturated carbocycles. The molecule has 2 aromatic rings. The summed E-state index contributed by atoms with van der Waals surface area (Å²) in [4.78, 5) is 35.6. The first-order chi connectivity index (χ1) is 11.9. The molecule has 25 heavy (non-hydrogen) atoms. The quantitative estimate of drug-likeness (QED) is 0.587. The molecule has 0 bridgehead atoms.